The van der Waals surface area contributed by atoms with Gasteiger partial charge in [-0.15, -0.1) is 0 Å². The molecule has 2 fully saturated rings. The minimum atomic E-state index is -0.0657. The largest absolute Gasteiger partial charge is 0.497 e. The summed E-state index contributed by atoms with van der Waals surface area (Å²) in [5, 5.41) is 3.17. The van der Waals surface area contributed by atoms with E-state index in [0.29, 0.717) is 0 Å². The lowest BCUT2D eigenvalue weighted by Gasteiger charge is -2.28. The molecule has 2 aromatic carbocycles. The highest BCUT2D eigenvalue weighted by atomic mass is 16.5. The third-order valence-corrected chi connectivity index (χ3v) is 5.90. The molecule has 0 bridgehead atoms. The number of methoxy groups -OCH3 is 2. The minimum absolute atomic E-state index is 0.0287. The Balaban J connectivity index is 1.57. The highest BCUT2D eigenvalue weighted by Gasteiger charge is 2.32. The summed E-state index contributed by atoms with van der Waals surface area (Å²) in [6, 6.07) is 13.8. The summed E-state index contributed by atoms with van der Waals surface area (Å²) < 4.78 is 11.0. The van der Waals surface area contributed by atoms with Crippen LogP contribution in [0.1, 0.15) is 37.3 Å². The number of nitrogens with zero attached hydrogens (tertiary/aromatic N) is 2. The molecule has 4 rings (SSSR count). The van der Waals surface area contributed by atoms with Crippen LogP contribution in [0.25, 0.3) is 0 Å². The highest BCUT2D eigenvalue weighted by molar-refractivity contribution is 5.93. The SMILES string of the molecule is COc1ccc(OC)c(C2CCCN2C(=O)Nc2ccccc2N2CCCC2)c1. The maximum Gasteiger partial charge on any atom is 0.322 e. The van der Waals surface area contributed by atoms with E-state index in [9.17, 15) is 4.79 Å². The number of hydrogen-bond acceptors (Lipinski definition) is 4. The van der Waals surface area contributed by atoms with Gasteiger partial charge in [-0.05, 0) is 56.0 Å². The third kappa shape index (κ3) is 3.97. The summed E-state index contributed by atoms with van der Waals surface area (Å²) in [7, 11) is 3.32. The van der Waals surface area contributed by atoms with Crippen LogP contribution in [0.4, 0.5) is 16.2 Å². The van der Waals surface area contributed by atoms with Crippen LogP contribution in [0.5, 0.6) is 11.5 Å². The summed E-state index contributed by atoms with van der Waals surface area (Å²) in [5.74, 6) is 1.56. The van der Waals surface area contributed by atoms with Crippen LogP contribution >= 0.6 is 0 Å². The number of likely N-dealkylation sites (tertiary alicyclic amines) is 1. The van der Waals surface area contributed by atoms with Crippen molar-refractivity contribution in [3.63, 3.8) is 0 Å². The van der Waals surface area contributed by atoms with Gasteiger partial charge in [-0.3, -0.25) is 0 Å². The van der Waals surface area contributed by atoms with Gasteiger partial charge in [0.1, 0.15) is 11.5 Å². The zero-order valence-corrected chi connectivity index (χ0v) is 17.2. The third-order valence-electron chi connectivity index (χ3n) is 5.90. The lowest BCUT2D eigenvalue weighted by atomic mass is 10.0. The smallest absolute Gasteiger partial charge is 0.322 e. The van der Waals surface area contributed by atoms with Gasteiger partial charge in [-0.2, -0.15) is 0 Å². The molecular weight excluding hydrogens is 366 g/mol. The fourth-order valence-corrected chi connectivity index (χ4v) is 4.43. The van der Waals surface area contributed by atoms with Crippen molar-refractivity contribution in [3.05, 3.63) is 48.0 Å². The minimum Gasteiger partial charge on any atom is -0.497 e. The van der Waals surface area contributed by atoms with Gasteiger partial charge in [0, 0.05) is 25.2 Å². The molecular formula is C23H29N3O3. The maximum absolute atomic E-state index is 13.2. The van der Waals surface area contributed by atoms with Gasteiger partial charge in [0.2, 0.25) is 0 Å². The Hall–Kier alpha value is -2.89. The van der Waals surface area contributed by atoms with Gasteiger partial charge in [-0.1, -0.05) is 12.1 Å². The monoisotopic (exact) mass is 395 g/mol. The van der Waals surface area contributed by atoms with Crippen LogP contribution in [0.3, 0.4) is 0 Å². The Labute approximate surface area is 172 Å². The first-order valence-corrected chi connectivity index (χ1v) is 10.3. The molecule has 0 aliphatic carbocycles. The van der Waals surface area contributed by atoms with E-state index in [-0.39, 0.29) is 12.1 Å². The number of para-hydroxylation sites is 2. The average Bonchev–Trinajstić information content (AvgIpc) is 3.46. The molecule has 1 unspecified atom stereocenters. The Bertz CT molecular complexity index is 864. The van der Waals surface area contributed by atoms with E-state index in [1.54, 1.807) is 14.2 Å². The molecule has 2 aliphatic heterocycles. The van der Waals surface area contributed by atoms with Crippen molar-refractivity contribution in [1.29, 1.82) is 0 Å². The van der Waals surface area contributed by atoms with Gasteiger partial charge in [-0.25, -0.2) is 4.79 Å². The first-order valence-electron chi connectivity index (χ1n) is 10.3. The molecule has 0 radical (unpaired) electrons. The number of carbonyl (C=O) groups is 1. The van der Waals surface area contributed by atoms with E-state index >= 15 is 0 Å². The highest BCUT2D eigenvalue weighted by Crippen LogP contribution is 2.39. The lowest BCUT2D eigenvalue weighted by Crippen LogP contribution is -2.35. The van der Waals surface area contributed by atoms with E-state index in [0.717, 1.165) is 60.9 Å². The van der Waals surface area contributed by atoms with Crippen molar-refractivity contribution >= 4 is 17.4 Å². The second kappa shape index (κ2) is 8.64. The first kappa shape index (κ1) is 19.4. The van der Waals surface area contributed by atoms with Crippen LogP contribution in [-0.2, 0) is 0 Å². The summed E-state index contributed by atoms with van der Waals surface area (Å²) in [6.07, 6.45) is 4.27. The summed E-state index contributed by atoms with van der Waals surface area (Å²) in [5.41, 5.74) is 2.98. The second-order valence-corrected chi connectivity index (χ2v) is 7.60. The van der Waals surface area contributed by atoms with E-state index in [1.165, 1.54) is 12.8 Å². The summed E-state index contributed by atoms with van der Waals surface area (Å²) in [4.78, 5) is 17.5. The molecule has 1 atom stereocenters. The van der Waals surface area contributed by atoms with Crippen LogP contribution in [0.15, 0.2) is 42.5 Å². The predicted octanol–water partition coefficient (Wildman–Crippen LogP) is 4.67. The Morgan fingerprint density at radius 3 is 2.55 bits per heavy atom. The van der Waals surface area contributed by atoms with E-state index < -0.39 is 0 Å². The molecule has 2 saturated heterocycles. The molecule has 0 spiro atoms. The Morgan fingerprint density at radius 2 is 1.79 bits per heavy atom. The van der Waals surface area contributed by atoms with Crippen LogP contribution in [0.2, 0.25) is 0 Å². The number of anilines is 2. The number of nitrogens with one attached hydrogen (secondary N) is 1. The molecule has 2 amide bonds. The molecule has 1 N–H and O–H groups in total. The van der Waals surface area contributed by atoms with Gasteiger partial charge in [0.15, 0.2) is 0 Å². The van der Waals surface area contributed by atoms with Gasteiger partial charge in [0.25, 0.3) is 0 Å². The fraction of sp³-hybridized carbons (Fsp3) is 0.435. The maximum atomic E-state index is 13.2. The number of urea groups is 1. The molecule has 2 aromatic rings. The van der Waals surface area contributed by atoms with Crippen LogP contribution < -0.4 is 19.7 Å². The van der Waals surface area contributed by atoms with Crippen molar-refractivity contribution in [2.45, 2.75) is 31.7 Å². The number of benzene rings is 2. The number of hydrogen-bond donors (Lipinski definition) is 1. The van der Waals surface area contributed by atoms with Gasteiger partial charge >= 0.3 is 6.03 Å². The predicted molar refractivity (Wildman–Crippen MR) is 115 cm³/mol. The second-order valence-electron chi connectivity index (χ2n) is 7.60. The molecule has 6 heteroatoms. The van der Waals surface area contributed by atoms with Crippen molar-refractivity contribution in [2.75, 3.05) is 44.1 Å². The van der Waals surface area contributed by atoms with Crippen molar-refractivity contribution in [2.24, 2.45) is 0 Å². The first-order chi connectivity index (χ1) is 14.2. The van der Waals surface area contributed by atoms with E-state index in [2.05, 4.69) is 16.3 Å². The van der Waals surface area contributed by atoms with Gasteiger partial charge < -0.3 is 24.6 Å². The van der Waals surface area contributed by atoms with Crippen LogP contribution in [0, 0.1) is 0 Å². The molecule has 2 aliphatic rings. The Kier molecular flexibility index (Phi) is 5.79. The van der Waals surface area contributed by atoms with Crippen molar-refractivity contribution in [3.8, 4) is 11.5 Å². The molecule has 0 aromatic heterocycles. The quantitative estimate of drug-likeness (QED) is 0.799. The zero-order chi connectivity index (χ0) is 20.2. The molecule has 154 valence electrons. The number of amides is 2. The lowest BCUT2D eigenvalue weighted by molar-refractivity contribution is 0.206. The summed E-state index contributed by atoms with van der Waals surface area (Å²) in [6.45, 7) is 2.81. The Morgan fingerprint density at radius 1 is 1.00 bits per heavy atom. The molecule has 29 heavy (non-hydrogen) atoms. The number of ether oxygens (including phenoxy) is 2. The fourth-order valence-electron chi connectivity index (χ4n) is 4.43. The normalized spacial score (nSPS) is 18.8. The zero-order valence-electron chi connectivity index (χ0n) is 17.2. The average molecular weight is 396 g/mol. The number of carbonyl (C=O) groups excluding carboxylic acids is 1. The molecule has 0 saturated carbocycles. The van der Waals surface area contributed by atoms with Crippen LogP contribution in [-0.4, -0.2) is 44.8 Å². The van der Waals surface area contributed by atoms with Crippen molar-refractivity contribution in [1.82, 2.24) is 4.90 Å². The topological polar surface area (TPSA) is 54.0 Å². The van der Waals surface area contributed by atoms with Crippen molar-refractivity contribution < 1.29 is 14.3 Å². The molecule has 6 nitrogen and oxygen atoms in total. The summed E-state index contributed by atoms with van der Waals surface area (Å²) >= 11 is 0. The number of rotatable bonds is 5. The van der Waals surface area contributed by atoms with E-state index in [1.807, 2.05) is 41.3 Å². The standard InChI is InChI=1S/C23H29N3O3/c1-28-17-11-12-22(29-2)18(16-17)20-10-7-15-26(20)23(27)24-19-8-3-4-9-21(19)25-13-5-6-14-25/h3-4,8-9,11-12,16,20H,5-7,10,13-15H2,1-2H3,(H,24,27). The van der Waals surface area contributed by atoms with E-state index in [4.69, 9.17) is 9.47 Å². The molecule has 2 heterocycles. The van der Waals surface area contributed by atoms with Gasteiger partial charge in [0.05, 0.1) is 31.6 Å².